The minimum Gasteiger partial charge on any atom is -0.447 e. The molecule has 0 amide bonds. The summed E-state index contributed by atoms with van der Waals surface area (Å²) in [5.74, 6) is -0.663. The van der Waals surface area contributed by atoms with Crippen LogP contribution in [0.2, 0.25) is 0 Å². The summed E-state index contributed by atoms with van der Waals surface area (Å²) in [6.07, 6.45) is 0. The molecular weight excluding hydrogens is 256 g/mol. The predicted octanol–water partition coefficient (Wildman–Crippen LogP) is 0.665. The molecule has 96 valence electrons. The highest BCUT2D eigenvalue weighted by molar-refractivity contribution is 7.89. The molecule has 0 unspecified atom stereocenters. The maximum Gasteiger partial charge on any atom is 0.339 e. The average Bonchev–Trinajstić information content (AvgIpc) is 2.36. The van der Waals surface area contributed by atoms with Crippen molar-refractivity contribution in [3.63, 3.8) is 0 Å². The lowest BCUT2D eigenvalue weighted by Gasteiger charge is -2.05. The summed E-state index contributed by atoms with van der Waals surface area (Å²) in [6.45, 7) is 1.62. The molecule has 0 bridgehead atoms. The first kappa shape index (κ1) is 14.2. The highest BCUT2D eigenvalue weighted by Crippen LogP contribution is 2.11. The molecule has 0 saturated heterocycles. The Labute approximate surface area is 105 Å². The van der Waals surface area contributed by atoms with E-state index in [1.165, 1.54) is 24.3 Å². The van der Waals surface area contributed by atoms with E-state index in [9.17, 15) is 13.2 Å². The molecule has 0 aliphatic heterocycles. The molecule has 0 aliphatic carbocycles. The fraction of sp³-hybridized carbons (Fsp3) is 0.273. The molecule has 1 rings (SSSR count). The van der Waals surface area contributed by atoms with Crippen LogP contribution in [0.1, 0.15) is 17.3 Å². The number of esters is 1. The number of carbonyl (C=O) groups excluding carboxylic acids is 1. The van der Waals surface area contributed by atoms with Gasteiger partial charge < -0.3 is 4.74 Å². The molecular formula is C11H12N2O4S. The fourth-order valence-corrected chi connectivity index (χ4v) is 2.27. The molecule has 0 radical (unpaired) electrons. The van der Waals surface area contributed by atoms with Crippen LogP contribution < -0.4 is 4.72 Å². The van der Waals surface area contributed by atoms with Gasteiger partial charge >= 0.3 is 5.97 Å². The molecule has 6 nitrogen and oxygen atoms in total. The quantitative estimate of drug-likeness (QED) is 0.791. The van der Waals surface area contributed by atoms with Gasteiger partial charge in [0, 0.05) is 6.54 Å². The first-order chi connectivity index (χ1) is 8.51. The molecule has 0 saturated carbocycles. The van der Waals surface area contributed by atoms with Crippen LogP contribution in [0.4, 0.5) is 0 Å². The third-order valence-corrected chi connectivity index (χ3v) is 3.56. The van der Waals surface area contributed by atoms with Gasteiger partial charge in [0.1, 0.15) is 6.07 Å². The zero-order valence-corrected chi connectivity index (χ0v) is 10.5. The zero-order valence-electron chi connectivity index (χ0n) is 9.71. The largest absolute Gasteiger partial charge is 0.447 e. The third-order valence-electron chi connectivity index (χ3n) is 2.00. The second-order valence-corrected chi connectivity index (χ2v) is 5.03. The highest BCUT2D eigenvalue weighted by Gasteiger charge is 2.13. The van der Waals surface area contributed by atoms with E-state index in [4.69, 9.17) is 5.26 Å². The van der Waals surface area contributed by atoms with Crippen molar-refractivity contribution >= 4 is 16.0 Å². The zero-order chi connectivity index (χ0) is 13.6. The topological polar surface area (TPSA) is 96.3 Å². The Morgan fingerprint density at radius 3 is 2.50 bits per heavy atom. The van der Waals surface area contributed by atoms with E-state index in [2.05, 4.69) is 9.46 Å². The lowest BCUT2D eigenvalue weighted by Crippen LogP contribution is -2.23. The first-order valence-corrected chi connectivity index (χ1v) is 6.63. The summed E-state index contributed by atoms with van der Waals surface area (Å²) in [6, 6.07) is 6.96. The molecule has 0 atom stereocenters. The molecule has 0 aromatic heterocycles. The number of nitrogens with zero attached hydrogens (tertiary/aromatic N) is 1. The first-order valence-electron chi connectivity index (χ1n) is 5.15. The lowest BCUT2D eigenvalue weighted by atomic mass is 10.2. The third kappa shape index (κ3) is 3.55. The van der Waals surface area contributed by atoms with Gasteiger partial charge in [0.2, 0.25) is 10.0 Å². The summed E-state index contributed by atoms with van der Waals surface area (Å²) in [7, 11) is -3.52. The van der Waals surface area contributed by atoms with Gasteiger partial charge in [-0.25, -0.2) is 17.9 Å². The van der Waals surface area contributed by atoms with Crippen molar-refractivity contribution in [3.05, 3.63) is 29.8 Å². The van der Waals surface area contributed by atoms with E-state index in [0.717, 1.165) is 0 Å². The van der Waals surface area contributed by atoms with Crippen molar-refractivity contribution in [2.75, 3.05) is 13.2 Å². The molecule has 0 heterocycles. The van der Waals surface area contributed by atoms with Crippen LogP contribution in [-0.2, 0) is 14.8 Å². The maximum absolute atomic E-state index is 11.6. The summed E-state index contributed by atoms with van der Waals surface area (Å²) in [4.78, 5) is 11.4. The van der Waals surface area contributed by atoms with E-state index < -0.39 is 16.0 Å². The van der Waals surface area contributed by atoms with Crippen LogP contribution in [0.15, 0.2) is 29.2 Å². The van der Waals surface area contributed by atoms with Gasteiger partial charge in [-0.2, -0.15) is 5.26 Å². The second-order valence-electron chi connectivity index (χ2n) is 3.26. The number of rotatable bonds is 5. The smallest absolute Gasteiger partial charge is 0.339 e. The van der Waals surface area contributed by atoms with Crippen molar-refractivity contribution in [1.82, 2.24) is 4.72 Å². The summed E-state index contributed by atoms with van der Waals surface area (Å²) >= 11 is 0. The molecule has 7 heteroatoms. The lowest BCUT2D eigenvalue weighted by molar-refractivity contribution is 0.0555. The van der Waals surface area contributed by atoms with Gasteiger partial charge in [-0.1, -0.05) is 6.92 Å². The second kappa shape index (κ2) is 6.14. The molecule has 1 aromatic rings. The van der Waals surface area contributed by atoms with Gasteiger partial charge in [-0.05, 0) is 24.3 Å². The van der Waals surface area contributed by atoms with E-state index in [0.29, 0.717) is 0 Å². The predicted molar refractivity (Wildman–Crippen MR) is 63.2 cm³/mol. The van der Waals surface area contributed by atoms with Gasteiger partial charge in [0.15, 0.2) is 6.61 Å². The Morgan fingerprint density at radius 1 is 1.39 bits per heavy atom. The summed E-state index contributed by atoms with van der Waals surface area (Å²) in [5, 5.41) is 8.26. The van der Waals surface area contributed by atoms with Crippen molar-refractivity contribution in [3.8, 4) is 6.07 Å². The van der Waals surface area contributed by atoms with Gasteiger partial charge in [-0.3, -0.25) is 0 Å². The fourth-order valence-electron chi connectivity index (χ4n) is 1.22. The van der Waals surface area contributed by atoms with Crippen LogP contribution in [0.3, 0.4) is 0 Å². The molecule has 18 heavy (non-hydrogen) atoms. The normalized spacial score (nSPS) is 10.7. The average molecular weight is 268 g/mol. The van der Waals surface area contributed by atoms with Gasteiger partial charge in [0.25, 0.3) is 0 Å². The highest BCUT2D eigenvalue weighted by atomic mass is 32.2. The molecule has 0 fully saturated rings. The number of ether oxygens (including phenoxy) is 1. The summed E-state index contributed by atoms with van der Waals surface area (Å²) < 4.78 is 30.1. The van der Waals surface area contributed by atoms with Crippen LogP contribution in [0.25, 0.3) is 0 Å². The Bertz CT molecular complexity index is 558. The van der Waals surface area contributed by atoms with E-state index in [-0.39, 0.29) is 23.6 Å². The van der Waals surface area contributed by atoms with Crippen molar-refractivity contribution in [1.29, 1.82) is 5.26 Å². The van der Waals surface area contributed by atoms with Crippen molar-refractivity contribution in [2.45, 2.75) is 11.8 Å². The van der Waals surface area contributed by atoms with E-state index >= 15 is 0 Å². The number of nitrogens with one attached hydrogen (secondary N) is 1. The van der Waals surface area contributed by atoms with Crippen LogP contribution >= 0.6 is 0 Å². The van der Waals surface area contributed by atoms with E-state index in [1.54, 1.807) is 13.0 Å². The summed E-state index contributed by atoms with van der Waals surface area (Å²) in [5.41, 5.74) is 0.195. The molecule has 1 N–H and O–H groups in total. The number of hydrogen-bond acceptors (Lipinski definition) is 5. The van der Waals surface area contributed by atoms with Crippen molar-refractivity contribution in [2.24, 2.45) is 0 Å². The van der Waals surface area contributed by atoms with Crippen molar-refractivity contribution < 1.29 is 17.9 Å². The number of carbonyl (C=O) groups is 1. The number of sulfonamides is 1. The Kier molecular flexibility index (Phi) is 4.83. The maximum atomic E-state index is 11.6. The molecule has 0 aliphatic rings. The Hall–Kier alpha value is -1.91. The van der Waals surface area contributed by atoms with Crippen LogP contribution in [0.5, 0.6) is 0 Å². The minimum atomic E-state index is -3.52. The number of benzene rings is 1. The standard InChI is InChI=1S/C11H12N2O4S/c1-2-13-18(15,16)10-5-3-9(4-6-10)11(14)17-8-7-12/h3-6,13H,2,8H2,1H3. The van der Waals surface area contributed by atoms with E-state index in [1.807, 2.05) is 0 Å². The Morgan fingerprint density at radius 2 is 2.00 bits per heavy atom. The van der Waals surface area contributed by atoms with Gasteiger partial charge in [-0.15, -0.1) is 0 Å². The van der Waals surface area contributed by atoms with Crippen LogP contribution in [0, 0.1) is 11.3 Å². The SMILES string of the molecule is CCNS(=O)(=O)c1ccc(C(=O)OCC#N)cc1. The minimum absolute atomic E-state index is 0.0705. The number of hydrogen-bond donors (Lipinski definition) is 1. The number of nitriles is 1. The van der Waals surface area contributed by atoms with Crippen LogP contribution in [-0.4, -0.2) is 27.5 Å². The molecule has 1 aromatic carbocycles. The molecule has 0 spiro atoms. The monoisotopic (exact) mass is 268 g/mol. The van der Waals surface area contributed by atoms with Gasteiger partial charge in [0.05, 0.1) is 10.5 Å². The Balaban J connectivity index is 2.87.